The lowest BCUT2D eigenvalue weighted by molar-refractivity contribution is -0.128. The molecular formula is C22H21N3O3S2. The Labute approximate surface area is 183 Å². The molecule has 8 heteroatoms. The van der Waals surface area contributed by atoms with Crippen molar-refractivity contribution in [2.45, 2.75) is 23.5 Å². The van der Waals surface area contributed by atoms with E-state index in [4.69, 9.17) is 4.74 Å². The monoisotopic (exact) mass is 439 g/mol. The number of carbonyl (C=O) groups excluding carboxylic acids is 2. The Bertz CT molecular complexity index is 1110. The summed E-state index contributed by atoms with van der Waals surface area (Å²) in [6.07, 6.45) is 0. The molecule has 154 valence electrons. The van der Waals surface area contributed by atoms with E-state index in [2.05, 4.69) is 10.3 Å². The molecule has 2 heterocycles. The second-order valence-corrected chi connectivity index (χ2v) is 9.19. The second kappa shape index (κ2) is 8.12. The molecule has 4 rings (SSSR count). The summed E-state index contributed by atoms with van der Waals surface area (Å²) in [5.41, 5.74) is 2.48. The molecule has 2 amide bonds. The quantitative estimate of drug-likeness (QED) is 0.585. The molecular weight excluding hydrogens is 418 g/mol. The van der Waals surface area contributed by atoms with Crippen molar-refractivity contribution in [3.05, 3.63) is 53.9 Å². The van der Waals surface area contributed by atoms with Crippen LogP contribution in [-0.2, 0) is 9.59 Å². The fourth-order valence-corrected chi connectivity index (χ4v) is 5.24. The normalized spacial score (nSPS) is 18.1. The highest BCUT2D eigenvalue weighted by molar-refractivity contribution is 8.02. The molecule has 0 radical (unpaired) electrons. The van der Waals surface area contributed by atoms with Crippen LogP contribution in [0.1, 0.15) is 13.8 Å². The highest BCUT2D eigenvalue weighted by Crippen LogP contribution is 2.45. The van der Waals surface area contributed by atoms with Crippen molar-refractivity contribution in [1.29, 1.82) is 0 Å². The van der Waals surface area contributed by atoms with Crippen LogP contribution < -0.4 is 15.0 Å². The summed E-state index contributed by atoms with van der Waals surface area (Å²) in [5, 5.41) is 5.17. The number of nitrogens with zero attached hydrogens (tertiary/aromatic N) is 2. The molecule has 1 aromatic heterocycles. The number of para-hydroxylation sites is 1. The summed E-state index contributed by atoms with van der Waals surface area (Å²) in [6.45, 7) is 4.07. The summed E-state index contributed by atoms with van der Waals surface area (Å²) >= 11 is 2.60. The maximum atomic E-state index is 13.2. The van der Waals surface area contributed by atoms with E-state index in [0.717, 1.165) is 27.6 Å². The molecule has 0 fully saturated rings. The molecule has 2 aromatic carbocycles. The number of benzene rings is 2. The maximum Gasteiger partial charge on any atom is 0.252 e. The average Bonchev–Trinajstić information content (AvgIpc) is 3.23. The third-order valence-corrected chi connectivity index (χ3v) is 7.05. The highest BCUT2D eigenvalue weighted by Gasteiger charge is 2.49. The van der Waals surface area contributed by atoms with Gasteiger partial charge in [0.15, 0.2) is 9.88 Å². The van der Waals surface area contributed by atoms with Crippen LogP contribution >= 0.6 is 23.1 Å². The first-order valence-corrected chi connectivity index (χ1v) is 11.2. The van der Waals surface area contributed by atoms with Gasteiger partial charge in [-0.15, -0.1) is 11.3 Å². The molecule has 30 heavy (non-hydrogen) atoms. The van der Waals surface area contributed by atoms with Crippen LogP contribution in [0, 0.1) is 0 Å². The topological polar surface area (TPSA) is 71.5 Å². The summed E-state index contributed by atoms with van der Waals surface area (Å²) in [7, 11) is 1.61. The van der Waals surface area contributed by atoms with Crippen LogP contribution in [0.25, 0.3) is 11.3 Å². The van der Waals surface area contributed by atoms with Crippen LogP contribution in [0.2, 0.25) is 0 Å². The number of aromatic nitrogens is 1. The lowest BCUT2D eigenvalue weighted by Crippen LogP contribution is -2.54. The van der Waals surface area contributed by atoms with Gasteiger partial charge in [0.1, 0.15) is 5.75 Å². The minimum atomic E-state index is -1.27. The van der Waals surface area contributed by atoms with Gasteiger partial charge < -0.3 is 15.0 Å². The number of rotatable bonds is 5. The maximum absolute atomic E-state index is 13.2. The predicted octanol–water partition coefficient (Wildman–Crippen LogP) is 4.67. The number of ether oxygens (including phenoxy) is 1. The van der Waals surface area contributed by atoms with Gasteiger partial charge in [0.05, 0.1) is 18.5 Å². The van der Waals surface area contributed by atoms with Crippen molar-refractivity contribution in [3.8, 4) is 17.0 Å². The molecule has 6 nitrogen and oxygen atoms in total. The third kappa shape index (κ3) is 3.57. The zero-order chi connectivity index (χ0) is 21.3. The fourth-order valence-electron chi connectivity index (χ4n) is 3.32. The van der Waals surface area contributed by atoms with Crippen molar-refractivity contribution >= 4 is 45.7 Å². The number of carbonyl (C=O) groups is 2. The first-order valence-electron chi connectivity index (χ1n) is 9.47. The van der Waals surface area contributed by atoms with Gasteiger partial charge in [-0.25, -0.2) is 4.98 Å². The van der Waals surface area contributed by atoms with E-state index in [-0.39, 0.29) is 11.8 Å². The standard InChI is InChI=1S/C22H21N3O3S2/c1-4-25-17-10-5-6-11-18(17)30-22(2,20(25)27)19(26)24-21-23-16(13-29-21)14-8-7-9-15(12-14)28-3/h5-13H,4H2,1-3H3,(H,23,24,26). The van der Waals surface area contributed by atoms with Crippen LogP contribution in [0.5, 0.6) is 5.75 Å². The Morgan fingerprint density at radius 1 is 1.23 bits per heavy atom. The minimum absolute atomic E-state index is 0.226. The van der Waals surface area contributed by atoms with E-state index < -0.39 is 4.75 Å². The van der Waals surface area contributed by atoms with Crippen molar-refractivity contribution in [3.63, 3.8) is 0 Å². The Kier molecular flexibility index (Phi) is 5.53. The van der Waals surface area contributed by atoms with E-state index in [1.165, 1.54) is 23.1 Å². The highest BCUT2D eigenvalue weighted by atomic mass is 32.2. The largest absolute Gasteiger partial charge is 0.497 e. The Hall–Kier alpha value is -2.84. The number of thioether (sulfide) groups is 1. The molecule has 0 aliphatic carbocycles. The molecule has 0 bridgehead atoms. The van der Waals surface area contributed by atoms with E-state index in [1.54, 1.807) is 18.9 Å². The van der Waals surface area contributed by atoms with Crippen LogP contribution in [0.3, 0.4) is 0 Å². The summed E-state index contributed by atoms with van der Waals surface area (Å²) in [5.74, 6) is 0.133. The van der Waals surface area contributed by atoms with Gasteiger partial charge in [-0.05, 0) is 38.1 Å². The molecule has 0 spiro atoms. The van der Waals surface area contributed by atoms with Crippen LogP contribution in [0.15, 0.2) is 58.8 Å². The number of thiazole rings is 1. The van der Waals surface area contributed by atoms with Gasteiger partial charge in [0.25, 0.3) is 11.8 Å². The van der Waals surface area contributed by atoms with E-state index in [0.29, 0.717) is 11.7 Å². The summed E-state index contributed by atoms with van der Waals surface area (Å²) in [6, 6.07) is 15.2. The number of amides is 2. The molecule has 0 saturated heterocycles. The predicted molar refractivity (Wildman–Crippen MR) is 121 cm³/mol. The Morgan fingerprint density at radius 2 is 2.03 bits per heavy atom. The van der Waals surface area contributed by atoms with Crippen molar-refractivity contribution in [2.75, 3.05) is 23.9 Å². The molecule has 0 saturated carbocycles. The van der Waals surface area contributed by atoms with E-state index in [1.807, 2.05) is 60.8 Å². The summed E-state index contributed by atoms with van der Waals surface area (Å²) < 4.78 is 3.99. The first-order chi connectivity index (χ1) is 14.5. The zero-order valence-corrected chi connectivity index (χ0v) is 18.5. The summed E-state index contributed by atoms with van der Waals surface area (Å²) in [4.78, 5) is 33.5. The van der Waals surface area contributed by atoms with Crippen molar-refractivity contribution in [2.24, 2.45) is 0 Å². The van der Waals surface area contributed by atoms with Gasteiger partial charge in [-0.2, -0.15) is 0 Å². The van der Waals surface area contributed by atoms with Crippen molar-refractivity contribution in [1.82, 2.24) is 4.98 Å². The molecule has 1 aliphatic rings. The van der Waals surface area contributed by atoms with Gasteiger partial charge in [0.2, 0.25) is 0 Å². The molecule has 1 atom stereocenters. The smallest absolute Gasteiger partial charge is 0.252 e. The Balaban J connectivity index is 1.58. The molecule has 3 aromatic rings. The lowest BCUT2D eigenvalue weighted by Gasteiger charge is -2.38. The number of fused-ring (bicyclic) bond motifs is 1. The number of hydrogen-bond donors (Lipinski definition) is 1. The van der Waals surface area contributed by atoms with Crippen LogP contribution in [-0.4, -0.2) is 35.2 Å². The average molecular weight is 440 g/mol. The van der Waals surface area contributed by atoms with Gasteiger partial charge in [-0.3, -0.25) is 9.59 Å². The number of hydrogen-bond acceptors (Lipinski definition) is 6. The SMILES string of the molecule is CCN1C(=O)C(C)(C(=O)Nc2nc(-c3cccc(OC)c3)cs2)Sc2ccccc21. The van der Waals surface area contributed by atoms with Crippen molar-refractivity contribution < 1.29 is 14.3 Å². The zero-order valence-electron chi connectivity index (χ0n) is 16.8. The number of methoxy groups -OCH3 is 1. The van der Waals surface area contributed by atoms with Gasteiger partial charge in [0, 0.05) is 22.4 Å². The van der Waals surface area contributed by atoms with Crippen LogP contribution in [0.4, 0.5) is 10.8 Å². The Morgan fingerprint density at radius 3 is 2.80 bits per heavy atom. The van der Waals surface area contributed by atoms with Gasteiger partial charge in [-0.1, -0.05) is 36.0 Å². The number of nitrogens with one attached hydrogen (secondary N) is 1. The van der Waals surface area contributed by atoms with Gasteiger partial charge >= 0.3 is 0 Å². The molecule has 1 aliphatic heterocycles. The second-order valence-electron chi connectivity index (χ2n) is 6.88. The molecule has 1 N–H and O–H groups in total. The first kappa shape index (κ1) is 20.4. The lowest BCUT2D eigenvalue weighted by atomic mass is 10.1. The van der Waals surface area contributed by atoms with E-state index >= 15 is 0 Å². The fraction of sp³-hybridized carbons (Fsp3) is 0.227. The molecule has 1 unspecified atom stereocenters. The van der Waals surface area contributed by atoms with E-state index in [9.17, 15) is 9.59 Å². The third-order valence-electron chi connectivity index (χ3n) is 4.96. The number of anilines is 2. The minimum Gasteiger partial charge on any atom is -0.497 e.